The Bertz CT molecular complexity index is 997. The molecule has 3 aromatic rings. The second-order valence-electron chi connectivity index (χ2n) is 6.48. The van der Waals surface area contributed by atoms with E-state index in [4.69, 9.17) is 14.2 Å². The largest absolute Gasteiger partial charge is 0.497 e. The quantitative estimate of drug-likeness (QED) is 0.634. The molecular weight excluding hydrogens is 370 g/mol. The molecule has 0 aliphatic rings. The van der Waals surface area contributed by atoms with Crippen LogP contribution < -0.4 is 19.5 Å². The molecule has 3 rings (SSSR count). The predicted octanol–water partition coefficient (Wildman–Crippen LogP) is 3.18. The molecule has 1 aromatic heterocycles. The number of benzene rings is 2. The van der Waals surface area contributed by atoms with Crippen LogP contribution >= 0.6 is 0 Å². The van der Waals surface area contributed by atoms with Gasteiger partial charge >= 0.3 is 0 Å². The number of amides is 1. The summed E-state index contributed by atoms with van der Waals surface area (Å²) in [6.07, 6.45) is 0.668. The van der Waals surface area contributed by atoms with E-state index in [9.17, 15) is 4.79 Å². The maximum absolute atomic E-state index is 12.5. The average molecular weight is 395 g/mol. The highest BCUT2D eigenvalue weighted by Gasteiger charge is 2.13. The van der Waals surface area contributed by atoms with Gasteiger partial charge in [-0.15, -0.1) is 0 Å². The van der Waals surface area contributed by atoms with Crippen LogP contribution in [0.3, 0.4) is 0 Å². The molecule has 2 aromatic carbocycles. The Morgan fingerprint density at radius 3 is 2.52 bits per heavy atom. The van der Waals surface area contributed by atoms with Gasteiger partial charge in [0, 0.05) is 18.3 Å². The lowest BCUT2D eigenvalue weighted by Crippen LogP contribution is -2.26. The Morgan fingerprint density at radius 2 is 1.79 bits per heavy atom. The molecule has 0 saturated heterocycles. The molecule has 0 spiro atoms. The highest BCUT2D eigenvalue weighted by atomic mass is 16.5. The van der Waals surface area contributed by atoms with Gasteiger partial charge in [0.1, 0.15) is 5.75 Å². The molecule has 0 radical (unpaired) electrons. The third-order valence-corrected chi connectivity index (χ3v) is 4.57. The van der Waals surface area contributed by atoms with E-state index in [1.54, 1.807) is 32.1 Å². The first-order valence-electron chi connectivity index (χ1n) is 9.26. The first-order valence-corrected chi connectivity index (χ1v) is 9.26. The van der Waals surface area contributed by atoms with Crippen LogP contribution in [0.4, 0.5) is 0 Å². The fourth-order valence-electron chi connectivity index (χ4n) is 3.04. The number of ether oxygens (including phenoxy) is 3. The van der Waals surface area contributed by atoms with Gasteiger partial charge in [-0.05, 0) is 49.2 Å². The first-order chi connectivity index (χ1) is 14.0. The van der Waals surface area contributed by atoms with Crippen LogP contribution in [0, 0.1) is 6.92 Å². The summed E-state index contributed by atoms with van der Waals surface area (Å²) >= 11 is 0. The lowest BCUT2D eigenvalue weighted by molar-refractivity contribution is 0.0948. The molecule has 152 valence electrons. The van der Waals surface area contributed by atoms with E-state index in [0.717, 1.165) is 22.7 Å². The van der Waals surface area contributed by atoms with Crippen LogP contribution in [0.1, 0.15) is 21.7 Å². The Balaban J connectivity index is 1.64. The van der Waals surface area contributed by atoms with Crippen LogP contribution in [-0.4, -0.2) is 43.6 Å². The van der Waals surface area contributed by atoms with Gasteiger partial charge in [0.15, 0.2) is 17.2 Å². The van der Waals surface area contributed by atoms with Crippen molar-refractivity contribution in [3.8, 4) is 22.9 Å². The minimum absolute atomic E-state index is 0.213. The number of aromatic nitrogens is 2. The Morgan fingerprint density at radius 1 is 1.00 bits per heavy atom. The fraction of sp³-hybridized carbons (Fsp3) is 0.273. The molecule has 0 fully saturated rings. The lowest BCUT2D eigenvalue weighted by Gasteiger charge is -2.10. The maximum atomic E-state index is 12.5. The minimum atomic E-state index is -0.213. The third-order valence-electron chi connectivity index (χ3n) is 4.57. The number of hydrogen-bond acceptors (Lipinski definition) is 5. The van der Waals surface area contributed by atoms with Crippen molar-refractivity contribution in [1.82, 2.24) is 15.1 Å². The van der Waals surface area contributed by atoms with Crippen LogP contribution in [0.5, 0.6) is 17.2 Å². The average Bonchev–Trinajstić information content (AvgIpc) is 3.15. The van der Waals surface area contributed by atoms with Gasteiger partial charge < -0.3 is 19.5 Å². The molecule has 0 atom stereocenters. The molecule has 0 aliphatic heterocycles. The molecule has 0 bridgehead atoms. The number of aryl methyl sites for hydroxylation is 1. The first kappa shape index (κ1) is 20.3. The molecule has 0 saturated carbocycles. The number of hydrogen-bond donors (Lipinski definition) is 1. The number of carbonyl (C=O) groups is 1. The molecule has 1 amide bonds. The standard InChI is InChI=1S/C22H25N3O4/c1-15-12-19(24-25(15)17-6-5-7-18(14-17)27-2)22(26)23-11-10-16-8-9-20(28-3)21(13-16)29-4/h5-9,12-14H,10-11H2,1-4H3,(H,23,26). The molecule has 0 unspecified atom stereocenters. The van der Waals surface area contributed by atoms with Gasteiger partial charge in [-0.1, -0.05) is 12.1 Å². The van der Waals surface area contributed by atoms with Crippen molar-refractivity contribution >= 4 is 5.91 Å². The van der Waals surface area contributed by atoms with E-state index in [-0.39, 0.29) is 5.91 Å². The molecular formula is C22H25N3O4. The van der Waals surface area contributed by atoms with Crippen molar-refractivity contribution in [1.29, 1.82) is 0 Å². The second-order valence-corrected chi connectivity index (χ2v) is 6.48. The van der Waals surface area contributed by atoms with Crippen LogP contribution in [-0.2, 0) is 6.42 Å². The number of rotatable bonds is 8. The smallest absolute Gasteiger partial charge is 0.271 e. The van der Waals surface area contributed by atoms with E-state index in [1.807, 2.05) is 49.4 Å². The highest BCUT2D eigenvalue weighted by Crippen LogP contribution is 2.27. The van der Waals surface area contributed by atoms with Gasteiger partial charge in [0.25, 0.3) is 5.91 Å². The zero-order chi connectivity index (χ0) is 20.8. The molecule has 0 aliphatic carbocycles. The normalized spacial score (nSPS) is 10.5. The predicted molar refractivity (Wildman–Crippen MR) is 110 cm³/mol. The van der Waals surface area contributed by atoms with E-state index >= 15 is 0 Å². The fourth-order valence-corrected chi connectivity index (χ4v) is 3.04. The molecule has 1 heterocycles. The Hall–Kier alpha value is -3.48. The summed E-state index contributed by atoms with van der Waals surface area (Å²) in [6.45, 7) is 2.40. The van der Waals surface area contributed by atoms with Gasteiger partial charge in [-0.2, -0.15) is 5.10 Å². The number of carbonyl (C=O) groups excluding carboxylic acids is 1. The zero-order valence-corrected chi connectivity index (χ0v) is 17.1. The SMILES string of the molecule is COc1cccc(-n2nc(C(=O)NCCc3ccc(OC)c(OC)c3)cc2C)c1. The second kappa shape index (κ2) is 9.14. The van der Waals surface area contributed by atoms with Crippen molar-refractivity contribution in [3.63, 3.8) is 0 Å². The van der Waals surface area contributed by atoms with E-state index in [1.165, 1.54) is 0 Å². The van der Waals surface area contributed by atoms with Gasteiger partial charge in [0.2, 0.25) is 0 Å². The maximum Gasteiger partial charge on any atom is 0.271 e. The van der Waals surface area contributed by atoms with E-state index in [0.29, 0.717) is 30.2 Å². The van der Waals surface area contributed by atoms with E-state index < -0.39 is 0 Å². The molecule has 7 heteroatoms. The Kier molecular flexibility index (Phi) is 6.39. The summed E-state index contributed by atoms with van der Waals surface area (Å²) < 4.78 is 17.5. The summed E-state index contributed by atoms with van der Waals surface area (Å²) in [7, 11) is 4.82. The molecule has 1 N–H and O–H groups in total. The summed E-state index contributed by atoms with van der Waals surface area (Å²) in [6, 6.07) is 15.0. The van der Waals surface area contributed by atoms with Crippen LogP contribution in [0.25, 0.3) is 5.69 Å². The highest BCUT2D eigenvalue weighted by molar-refractivity contribution is 5.92. The minimum Gasteiger partial charge on any atom is -0.497 e. The number of methoxy groups -OCH3 is 3. The van der Waals surface area contributed by atoms with Crippen LogP contribution in [0.15, 0.2) is 48.5 Å². The third kappa shape index (κ3) is 4.68. The monoisotopic (exact) mass is 395 g/mol. The van der Waals surface area contributed by atoms with Crippen molar-refractivity contribution in [2.75, 3.05) is 27.9 Å². The summed E-state index contributed by atoms with van der Waals surface area (Å²) in [5.41, 5.74) is 3.12. The van der Waals surface area contributed by atoms with E-state index in [2.05, 4.69) is 10.4 Å². The van der Waals surface area contributed by atoms with Gasteiger partial charge in [0.05, 0.1) is 27.0 Å². The number of nitrogens with zero attached hydrogens (tertiary/aromatic N) is 2. The summed E-state index contributed by atoms with van der Waals surface area (Å²) in [4.78, 5) is 12.5. The number of nitrogens with one attached hydrogen (secondary N) is 1. The van der Waals surface area contributed by atoms with Gasteiger partial charge in [-0.25, -0.2) is 4.68 Å². The zero-order valence-electron chi connectivity index (χ0n) is 17.1. The van der Waals surface area contributed by atoms with Crippen molar-refractivity contribution in [2.24, 2.45) is 0 Å². The molecule has 7 nitrogen and oxygen atoms in total. The lowest BCUT2D eigenvalue weighted by atomic mass is 10.1. The van der Waals surface area contributed by atoms with Crippen LogP contribution in [0.2, 0.25) is 0 Å². The summed E-state index contributed by atoms with van der Waals surface area (Å²) in [5.74, 6) is 1.87. The summed E-state index contributed by atoms with van der Waals surface area (Å²) in [5, 5.41) is 7.36. The van der Waals surface area contributed by atoms with Crippen molar-refractivity contribution in [2.45, 2.75) is 13.3 Å². The van der Waals surface area contributed by atoms with Crippen molar-refractivity contribution < 1.29 is 19.0 Å². The Labute approximate surface area is 170 Å². The molecule has 29 heavy (non-hydrogen) atoms. The van der Waals surface area contributed by atoms with Crippen molar-refractivity contribution in [3.05, 3.63) is 65.5 Å². The van der Waals surface area contributed by atoms with Gasteiger partial charge in [-0.3, -0.25) is 4.79 Å². The topological polar surface area (TPSA) is 74.6 Å².